The standard InChI is InChI=1S/C26H46N6O6SSi2/c1-24(2,3)40(9,10)35-13-18-26(17(27)14-39(33,34)38-26)20(37-41(11,12)25(4,5)6)23(36-18)32-16-30-19-21(31(7)8)28-15-29-22(19)32/h14-16,18,20,23H,13,27H2,1-12H3/t18?,20-,23+,26?/m0/s1. The Morgan fingerprint density at radius 2 is 1.66 bits per heavy atom. The first-order valence-corrected chi connectivity index (χ1v) is 21.1. The van der Waals surface area contributed by atoms with Gasteiger partial charge in [-0.25, -0.2) is 19.1 Å². The number of fused-ring (bicyclic) bond motifs is 1. The van der Waals surface area contributed by atoms with Crippen molar-refractivity contribution >= 4 is 43.7 Å². The molecule has 0 amide bonds. The number of nitrogens with zero attached hydrogens (tertiary/aromatic N) is 5. The molecule has 0 aliphatic carbocycles. The summed E-state index contributed by atoms with van der Waals surface area (Å²) in [6.45, 7) is 21.3. The summed E-state index contributed by atoms with van der Waals surface area (Å²) in [5, 5.41) is 0.680. The quantitative estimate of drug-likeness (QED) is 0.350. The molecule has 1 spiro atoms. The average molecular weight is 627 g/mol. The fraction of sp³-hybridized carbons (Fsp3) is 0.731. The fourth-order valence-corrected chi connectivity index (χ4v) is 8.07. The highest BCUT2D eigenvalue weighted by atomic mass is 32.2. The molecule has 1 saturated heterocycles. The van der Waals surface area contributed by atoms with Crippen molar-refractivity contribution in [1.29, 1.82) is 0 Å². The zero-order valence-corrected chi connectivity index (χ0v) is 29.2. The van der Waals surface area contributed by atoms with Crippen molar-refractivity contribution < 1.29 is 26.2 Å². The zero-order chi connectivity index (χ0) is 31.0. The molecule has 0 bridgehead atoms. The van der Waals surface area contributed by atoms with E-state index in [9.17, 15) is 8.42 Å². The minimum atomic E-state index is -4.11. The summed E-state index contributed by atoms with van der Waals surface area (Å²) < 4.78 is 54.0. The molecule has 230 valence electrons. The van der Waals surface area contributed by atoms with Crippen LogP contribution in [-0.2, 0) is 27.9 Å². The molecule has 0 radical (unpaired) electrons. The van der Waals surface area contributed by atoms with Gasteiger partial charge in [-0.05, 0) is 36.3 Å². The smallest absolute Gasteiger partial charge is 0.292 e. The van der Waals surface area contributed by atoms with Crippen LogP contribution in [0.5, 0.6) is 0 Å². The number of aromatic nitrogens is 4. The molecule has 4 atom stereocenters. The van der Waals surface area contributed by atoms with Crippen molar-refractivity contribution in [3.63, 3.8) is 0 Å². The second kappa shape index (κ2) is 10.1. The van der Waals surface area contributed by atoms with Crippen LogP contribution in [0.2, 0.25) is 36.3 Å². The van der Waals surface area contributed by atoms with Gasteiger partial charge in [-0.1, -0.05) is 41.5 Å². The average Bonchev–Trinajstić information content (AvgIpc) is 3.42. The molecule has 0 aromatic carbocycles. The number of rotatable bonds is 7. The van der Waals surface area contributed by atoms with Gasteiger partial charge in [-0.2, -0.15) is 8.42 Å². The Balaban J connectivity index is 1.91. The summed E-state index contributed by atoms with van der Waals surface area (Å²) in [4.78, 5) is 15.4. The lowest BCUT2D eigenvalue weighted by Crippen LogP contribution is -2.59. The summed E-state index contributed by atoms with van der Waals surface area (Å²) in [5.41, 5.74) is 6.06. The Kier molecular flexibility index (Phi) is 7.89. The molecule has 2 N–H and O–H groups in total. The zero-order valence-electron chi connectivity index (χ0n) is 26.3. The van der Waals surface area contributed by atoms with Crippen LogP contribution >= 0.6 is 0 Å². The van der Waals surface area contributed by atoms with E-state index in [0.717, 1.165) is 5.41 Å². The minimum absolute atomic E-state index is 0.0283. The van der Waals surface area contributed by atoms with Gasteiger partial charge in [-0.3, -0.25) is 4.57 Å². The van der Waals surface area contributed by atoms with E-state index < -0.39 is 50.8 Å². The third-order valence-corrected chi connectivity index (χ3v) is 19.1. The number of hydrogen-bond donors (Lipinski definition) is 1. The van der Waals surface area contributed by atoms with Crippen LogP contribution < -0.4 is 10.6 Å². The normalized spacial score (nSPS) is 27.1. The molecule has 41 heavy (non-hydrogen) atoms. The van der Waals surface area contributed by atoms with E-state index in [-0.39, 0.29) is 22.4 Å². The molecular weight excluding hydrogens is 581 g/mol. The topological polar surface area (TPSA) is 144 Å². The number of imidazole rings is 1. The Morgan fingerprint density at radius 1 is 1.05 bits per heavy atom. The Labute approximate surface area is 246 Å². The van der Waals surface area contributed by atoms with E-state index in [2.05, 4.69) is 82.7 Å². The van der Waals surface area contributed by atoms with Crippen molar-refractivity contribution in [2.45, 2.75) is 102 Å². The summed E-state index contributed by atoms with van der Waals surface area (Å²) in [5.74, 6) is 0.639. The highest BCUT2D eigenvalue weighted by Crippen LogP contribution is 2.52. The van der Waals surface area contributed by atoms with E-state index in [4.69, 9.17) is 23.5 Å². The van der Waals surface area contributed by atoms with Crippen LogP contribution in [0.25, 0.3) is 11.2 Å². The first-order chi connectivity index (χ1) is 18.5. The van der Waals surface area contributed by atoms with E-state index in [0.29, 0.717) is 17.0 Å². The highest BCUT2D eigenvalue weighted by molar-refractivity contribution is 7.90. The summed E-state index contributed by atoms with van der Waals surface area (Å²) in [6.07, 6.45) is 0.380. The largest absolute Gasteiger partial charge is 0.414 e. The van der Waals surface area contributed by atoms with Crippen LogP contribution in [0.3, 0.4) is 0 Å². The lowest BCUT2D eigenvalue weighted by molar-refractivity contribution is -0.0535. The lowest BCUT2D eigenvalue weighted by Gasteiger charge is -2.43. The maximum Gasteiger partial charge on any atom is 0.292 e. The van der Waals surface area contributed by atoms with Gasteiger partial charge >= 0.3 is 0 Å². The molecule has 4 heterocycles. The SMILES string of the molecule is CN(C)c1ncnc2c1ncn2[C@@H]1OC(CO[Si](C)(C)C(C)(C)C)C2(OS(=O)(=O)C=C2N)[C@H]1O[Si](C)(C)C(C)(C)C. The monoisotopic (exact) mass is 626 g/mol. The van der Waals surface area contributed by atoms with Crippen LogP contribution in [-0.4, -0.2) is 83.1 Å². The van der Waals surface area contributed by atoms with Gasteiger partial charge in [0, 0.05) is 14.1 Å². The molecule has 2 aromatic rings. The highest BCUT2D eigenvalue weighted by Gasteiger charge is 2.67. The summed E-state index contributed by atoms with van der Waals surface area (Å²) in [6, 6.07) is 0. The van der Waals surface area contributed by atoms with Crippen molar-refractivity contribution in [3.05, 3.63) is 23.8 Å². The number of anilines is 1. The van der Waals surface area contributed by atoms with Gasteiger partial charge in [0.1, 0.15) is 18.5 Å². The van der Waals surface area contributed by atoms with Gasteiger partial charge in [-0.15, -0.1) is 0 Å². The van der Waals surface area contributed by atoms with Gasteiger partial charge in [0.05, 0.1) is 24.0 Å². The number of hydrogen-bond acceptors (Lipinski definition) is 11. The molecule has 2 aliphatic rings. The Bertz CT molecular complexity index is 1450. The molecule has 12 nitrogen and oxygen atoms in total. The third-order valence-electron chi connectivity index (χ3n) is 9.11. The molecule has 15 heteroatoms. The first-order valence-electron chi connectivity index (χ1n) is 13.8. The molecule has 2 aromatic heterocycles. The maximum atomic E-state index is 13.0. The molecule has 2 aliphatic heterocycles. The molecular formula is C26H46N6O6SSi2. The van der Waals surface area contributed by atoms with Gasteiger partial charge < -0.3 is 24.2 Å². The molecule has 4 rings (SSSR count). The summed E-state index contributed by atoms with van der Waals surface area (Å²) in [7, 11) is -5.18. The predicted molar refractivity (Wildman–Crippen MR) is 164 cm³/mol. The van der Waals surface area contributed by atoms with E-state index >= 15 is 0 Å². The van der Waals surface area contributed by atoms with Gasteiger partial charge in [0.2, 0.25) is 0 Å². The first kappa shape index (κ1) is 32.0. The van der Waals surface area contributed by atoms with E-state index in [1.165, 1.54) is 6.33 Å². The van der Waals surface area contributed by atoms with Gasteiger partial charge in [0.25, 0.3) is 10.1 Å². The summed E-state index contributed by atoms with van der Waals surface area (Å²) >= 11 is 0. The minimum Gasteiger partial charge on any atom is -0.414 e. The van der Waals surface area contributed by atoms with Crippen molar-refractivity contribution in [1.82, 2.24) is 19.5 Å². The van der Waals surface area contributed by atoms with Crippen LogP contribution in [0.4, 0.5) is 5.82 Å². The number of ether oxygens (including phenoxy) is 1. The Hall–Kier alpha value is -1.89. The molecule has 2 unspecified atom stereocenters. The Morgan fingerprint density at radius 3 is 2.17 bits per heavy atom. The fourth-order valence-electron chi connectivity index (χ4n) is 4.57. The molecule has 1 fully saturated rings. The van der Waals surface area contributed by atoms with Crippen molar-refractivity contribution in [3.8, 4) is 0 Å². The van der Waals surface area contributed by atoms with E-state index in [1.54, 1.807) is 10.9 Å². The van der Waals surface area contributed by atoms with Gasteiger partial charge in [0.15, 0.2) is 45.4 Å². The predicted octanol–water partition coefficient (Wildman–Crippen LogP) is 4.10. The maximum absolute atomic E-state index is 13.0. The third kappa shape index (κ3) is 5.49. The van der Waals surface area contributed by atoms with Crippen molar-refractivity contribution in [2.75, 3.05) is 25.6 Å². The van der Waals surface area contributed by atoms with E-state index in [1.807, 2.05) is 19.0 Å². The van der Waals surface area contributed by atoms with Crippen molar-refractivity contribution in [2.24, 2.45) is 5.73 Å². The molecule has 0 saturated carbocycles. The van der Waals surface area contributed by atoms with Crippen LogP contribution in [0.1, 0.15) is 47.8 Å². The second-order valence-corrected chi connectivity index (χ2v) is 25.2. The number of nitrogens with two attached hydrogens (primary N) is 1. The lowest BCUT2D eigenvalue weighted by atomic mass is 9.89. The van der Waals surface area contributed by atoms with Crippen LogP contribution in [0, 0.1) is 0 Å². The second-order valence-electron chi connectivity index (χ2n) is 14.2. The van der Waals surface area contributed by atoms with Crippen LogP contribution in [0.15, 0.2) is 23.8 Å².